The first-order valence-electron chi connectivity index (χ1n) is 8.49. The molecule has 1 aromatic carbocycles. The van der Waals surface area contributed by atoms with Gasteiger partial charge in [-0.05, 0) is 47.2 Å². The van der Waals surface area contributed by atoms with E-state index in [9.17, 15) is 4.79 Å². The molecule has 1 fully saturated rings. The molecule has 1 aromatic heterocycles. The van der Waals surface area contributed by atoms with Crippen molar-refractivity contribution in [3.05, 3.63) is 57.8 Å². The van der Waals surface area contributed by atoms with Crippen molar-refractivity contribution in [2.75, 3.05) is 25.4 Å². The van der Waals surface area contributed by atoms with Gasteiger partial charge >= 0.3 is 0 Å². The van der Waals surface area contributed by atoms with Gasteiger partial charge in [0.15, 0.2) is 0 Å². The zero-order chi connectivity index (χ0) is 16.5. The van der Waals surface area contributed by atoms with Crippen molar-refractivity contribution in [2.24, 2.45) is 11.7 Å². The Morgan fingerprint density at radius 3 is 2.76 bits per heavy atom. The molecule has 0 saturated carbocycles. The van der Waals surface area contributed by atoms with Gasteiger partial charge in [-0.25, -0.2) is 0 Å². The highest BCUT2D eigenvalue weighted by atomic mass is 35.5. The molecule has 0 bridgehead atoms. The van der Waals surface area contributed by atoms with Gasteiger partial charge in [-0.2, -0.15) is 0 Å². The van der Waals surface area contributed by atoms with Crippen LogP contribution in [0.1, 0.15) is 27.2 Å². The van der Waals surface area contributed by atoms with Crippen LogP contribution in [0.3, 0.4) is 0 Å². The molecule has 3 heterocycles. The number of thiophene rings is 1. The molecule has 6 heteroatoms. The van der Waals surface area contributed by atoms with E-state index in [4.69, 9.17) is 5.73 Å². The van der Waals surface area contributed by atoms with E-state index >= 15 is 0 Å². The molecule has 25 heavy (non-hydrogen) atoms. The van der Waals surface area contributed by atoms with Gasteiger partial charge in [0.1, 0.15) is 5.25 Å². The van der Waals surface area contributed by atoms with Gasteiger partial charge in [0.25, 0.3) is 0 Å². The van der Waals surface area contributed by atoms with Crippen molar-refractivity contribution >= 4 is 41.4 Å². The molecule has 0 radical (unpaired) electrons. The van der Waals surface area contributed by atoms with E-state index in [2.05, 4.69) is 40.6 Å². The molecule has 2 aromatic rings. The van der Waals surface area contributed by atoms with E-state index < -0.39 is 0 Å². The lowest BCUT2D eigenvalue weighted by molar-refractivity contribution is -0.129. The van der Waals surface area contributed by atoms with E-state index in [-0.39, 0.29) is 23.6 Å². The highest BCUT2D eigenvalue weighted by Gasteiger charge is 2.39. The third-order valence-electron chi connectivity index (χ3n) is 5.18. The Balaban J connectivity index is 0.00000182. The average Bonchev–Trinajstić information content (AvgIpc) is 3.28. The van der Waals surface area contributed by atoms with Crippen molar-refractivity contribution in [1.29, 1.82) is 0 Å². The maximum atomic E-state index is 13.2. The number of carbonyl (C=O) groups excluding carboxylic acids is 1. The first kappa shape index (κ1) is 18.8. The number of nitrogens with two attached hydrogens (primary N) is 1. The molecule has 2 aliphatic rings. The number of amides is 1. The Morgan fingerprint density at radius 1 is 1.20 bits per heavy atom. The highest BCUT2D eigenvalue weighted by Crippen LogP contribution is 2.42. The fraction of sp³-hybridized carbons (Fsp3) is 0.421. The standard InChI is InChI=1S/C19H22N2OS2.ClH/c20-10-14-11-21(12-16(14)13-4-2-1-3-5-13)19(22)18-15-6-8-23-17(15)7-9-24-18;/h1-6,8,14,16,18H,7,9-12,20H2;1H/t14-,16+,18?;/m1./s1. The van der Waals surface area contributed by atoms with Gasteiger partial charge < -0.3 is 10.6 Å². The highest BCUT2D eigenvalue weighted by molar-refractivity contribution is 8.00. The first-order chi connectivity index (χ1) is 11.8. The third-order valence-corrected chi connectivity index (χ3v) is 7.41. The van der Waals surface area contributed by atoms with Crippen molar-refractivity contribution < 1.29 is 4.79 Å². The largest absolute Gasteiger partial charge is 0.340 e. The summed E-state index contributed by atoms with van der Waals surface area (Å²) >= 11 is 3.58. The monoisotopic (exact) mass is 394 g/mol. The van der Waals surface area contributed by atoms with Gasteiger partial charge in [0.05, 0.1) is 0 Å². The summed E-state index contributed by atoms with van der Waals surface area (Å²) in [6, 6.07) is 12.6. The Bertz CT molecular complexity index is 721. The van der Waals surface area contributed by atoms with Gasteiger partial charge in [-0.15, -0.1) is 35.5 Å². The summed E-state index contributed by atoms with van der Waals surface area (Å²) in [6.45, 7) is 2.21. The molecule has 1 amide bonds. The summed E-state index contributed by atoms with van der Waals surface area (Å²) in [5.74, 6) is 2.03. The fourth-order valence-electron chi connectivity index (χ4n) is 3.88. The fourth-order valence-corrected chi connectivity index (χ4v) is 6.26. The molecule has 3 atom stereocenters. The average molecular weight is 395 g/mol. The Hall–Kier alpha value is -1.01. The maximum absolute atomic E-state index is 13.2. The van der Waals surface area contributed by atoms with Crippen LogP contribution in [0, 0.1) is 5.92 Å². The van der Waals surface area contributed by atoms with Crippen molar-refractivity contribution in [3.8, 4) is 0 Å². The van der Waals surface area contributed by atoms with E-state index in [1.54, 1.807) is 23.1 Å². The topological polar surface area (TPSA) is 46.3 Å². The zero-order valence-electron chi connectivity index (χ0n) is 14.0. The first-order valence-corrected chi connectivity index (χ1v) is 10.4. The summed E-state index contributed by atoms with van der Waals surface area (Å²) in [7, 11) is 0. The number of likely N-dealkylation sites (tertiary alicyclic amines) is 1. The minimum absolute atomic E-state index is 0. The van der Waals surface area contributed by atoms with Crippen molar-refractivity contribution in [1.82, 2.24) is 4.90 Å². The summed E-state index contributed by atoms with van der Waals surface area (Å²) in [6.07, 6.45) is 1.10. The van der Waals surface area contributed by atoms with Crippen molar-refractivity contribution in [3.63, 3.8) is 0 Å². The lowest BCUT2D eigenvalue weighted by Gasteiger charge is -2.26. The number of nitrogens with zero attached hydrogens (tertiary/aromatic N) is 1. The van der Waals surface area contributed by atoms with Crippen LogP contribution in [-0.2, 0) is 11.2 Å². The lowest BCUT2D eigenvalue weighted by Crippen LogP contribution is -2.34. The van der Waals surface area contributed by atoms with Crippen LogP contribution >= 0.6 is 35.5 Å². The van der Waals surface area contributed by atoms with Crippen LogP contribution in [0.25, 0.3) is 0 Å². The van der Waals surface area contributed by atoms with Crippen LogP contribution in [0.5, 0.6) is 0 Å². The Kier molecular flexibility index (Phi) is 6.10. The number of hydrogen-bond donors (Lipinski definition) is 1. The van der Waals surface area contributed by atoms with Crippen molar-refractivity contribution in [2.45, 2.75) is 17.6 Å². The second kappa shape index (κ2) is 8.12. The molecular formula is C19H23ClN2OS2. The second-order valence-electron chi connectivity index (χ2n) is 6.56. The number of carbonyl (C=O) groups is 1. The molecule has 4 rings (SSSR count). The molecule has 1 saturated heterocycles. The van der Waals surface area contributed by atoms with E-state index in [0.29, 0.717) is 18.4 Å². The third kappa shape index (κ3) is 3.61. The number of thioether (sulfide) groups is 1. The predicted octanol–water partition coefficient (Wildman–Crippen LogP) is 3.70. The van der Waals surface area contributed by atoms with E-state index in [0.717, 1.165) is 25.3 Å². The van der Waals surface area contributed by atoms with Crippen LogP contribution in [-0.4, -0.2) is 36.2 Å². The molecule has 1 unspecified atom stereocenters. The number of aryl methyl sites for hydroxylation is 1. The van der Waals surface area contributed by atoms with Gasteiger partial charge in [0.2, 0.25) is 5.91 Å². The molecule has 134 valence electrons. The van der Waals surface area contributed by atoms with Crippen LogP contribution in [0.4, 0.5) is 0 Å². The van der Waals surface area contributed by atoms with Gasteiger partial charge in [-0.3, -0.25) is 4.79 Å². The number of rotatable bonds is 3. The SMILES string of the molecule is Cl.NC[C@@H]1CN(C(=O)C2SCCc3sccc32)C[C@H]1c1ccccc1. The Morgan fingerprint density at radius 2 is 2.00 bits per heavy atom. The molecule has 2 aliphatic heterocycles. The van der Waals surface area contributed by atoms with Crippen LogP contribution in [0.15, 0.2) is 41.8 Å². The zero-order valence-corrected chi connectivity index (χ0v) is 16.4. The summed E-state index contributed by atoms with van der Waals surface area (Å²) in [5.41, 5.74) is 8.57. The van der Waals surface area contributed by atoms with Gasteiger partial charge in [0, 0.05) is 23.9 Å². The van der Waals surface area contributed by atoms with E-state index in [1.807, 2.05) is 6.07 Å². The predicted molar refractivity (Wildman–Crippen MR) is 109 cm³/mol. The molecule has 0 spiro atoms. The van der Waals surface area contributed by atoms with Gasteiger partial charge in [-0.1, -0.05) is 30.3 Å². The number of hydrogen-bond acceptors (Lipinski definition) is 4. The minimum Gasteiger partial charge on any atom is -0.340 e. The Labute approximate surface area is 163 Å². The second-order valence-corrected chi connectivity index (χ2v) is 8.77. The number of fused-ring (bicyclic) bond motifs is 1. The van der Waals surface area contributed by atoms with Crippen LogP contribution in [0.2, 0.25) is 0 Å². The summed E-state index contributed by atoms with van der Waals surface area (Å²) < 4.78 is 0. The maximum Gasteiger partial charge on any atom is 0.240 e. The summed E-state index contributed by atoms with van der Waals surface area (Å²) in [4.78, 5) is 16.6. The lowest BCUT2D eigenvalue weighted by atomic mass is 9.89. The molecule has 0 aliphatic carbocycles. The smallest absolute Gasteiger partial charge is 0.240 e. The minimum atomic E-state index is -0.0204. The number of benzene rings is 1. The number of halogens is 1. The van der Waals surface area contributed by atoms with Crippen LogP contribution < -0.4 is 5.73 Å². The molecule has 2 N–H and O–H groups in total. The van der Waals surface area contributed by atoms with E-state index in [1.165, 1.54) is 16.0 Å². The summed E-state index contributed by atoms with van der Waals surface area (Å²) in [5, 5.41) is 2.10. The molecular weight excluding hydrogens is 372 g/mol. The normalized spacial score (nSPS) is 25.3. The quantitative estimate of drug-likeness (QED) is 0.863. The molecule has 3 nitrogen and oxygen atoms in total.